The predicted molar refractivity (Wildman–Crippen MR) is 102 cm³/mol. The molecule has 5 rings (SSSR count). The molecule has 27 heavy (non-hydrogen) atoms. The van der Waals surface area contributed by atoms with Gasteiger partial charge in [-0.3, -0.25) is 9.48 Å². The minimum absolute atomic E-state index is 0.0568. The predicted octanol–water partition coefficient (Wildman–Crippen LogP) is 2.73. The first-order chi connectivity index (χ1) is 13.2. The molecule has 3 aliphatic rings. The van der Waals surface area contributed by atoms with Crippen LogP contribution in [0.2, 0.25) is 5.02 Å². The Bertz CT molecular complexity index is 871. The third-order valence-electron chi connectivity index (χ3n) is 5.70. The van der Waals surface area contributed by atoms with E-state index in [0.29, 0.717) is 31.3 Å². The minimum atomic E-state index is 0.0568. The Kier molecular flexibility index (Phi) is 4.42. The molecule has 1 aliphatic carbocycles. The second kappa shape index (κ2) is 6.93. The minimum Gasteiger partial charge on any atom is -0.378 e. The summed E-state index contributed by atoms with van der Waals surface area (Å²) in [6, 6.07) is 4.67. The number of carbonyl (C=O) groups excluding carboxylic acids is 1. The Morgan fingerprint density at radius 1 is 1.33 bits per heavy atom. The van der Waals surface area contributed by atoms with E-state index < -0.39 is 0 Å². The number of fused-ring (bicyclic) bond motifs is 1. The van der Waals surface area contributed by atoms with Crippen molar-refractivity contribution in [1.29, 1.82) is 0 Å². The molecule has 2 aromatic rings. The van der Waals surface area contributed by atoms with Crippen molar-refractivity contribution in [3.63, 3.8) is 0 Å². The Labute approximate surface area is 163 Å². The fourth-order valence-electron chi connectivity index (χ4n) is 4.08. The summed E-state index contributed by atoms with van der Waals surface area (Å²) in [5.74, 6) is 0.0568. The summed E-state index contributed by atoms with van der Waals surface area (Å²) in [4.78, 5) is 15.0. The number of nitrogens with one attached hydrogen (secondary N) is 1. The first-order valence-corrected chi connectivity index (χ1v) is 10.0. The molecule has 0 radical (unpaired) electrons. The average molecular weight is 387 g/mol. The van der Waals surface area contributed by atoms with Gasteiger partial charge in [0.15, 0.2) is 0 Å². The van der Waals surface area contributed by atoms with Crippen LogP contribution in [0.25, 0.3) is 0 Å². The summed E-state index contributed by atoms with van der Waals surface area (Å²) >= 11 is 6.37. The third-order valence-corrected chi connectivity index (χ3v) is 5.91. The molecule has 1 N–H and O–H groups in total. The highest BCUT2D eigenvalue weighted by molar-refractivity contribution is 6.30. The topological polar surface area (TPSA) is 59.4 Å². The first kappa shape index (κ1) is 17.2. The fraction of sp³-hybridized carbons (Fsp3) is 0.500. The quantitative estimate of drug-likeness (QED) is 0.881. The van der Waals surface area contributed by atoms with Gasteiger partial charge in [0.25, 0.3) is 5.91 Å². The van der Waals surface area contributed by atoms with Crippen LogP contribution in [0, 0.1) is 0 Å². The Balaban J connectivity index is 1.41. The molecule has 1 saturated carbocycles. The molecule has 142 valence electrons. The first-order valence-electron chi connectivity index (χ1n) is 9.65. The molecule has 1 saturated heterocycles. The van der Waals surface area contributed by atoms with Crippen molar-refractivity contribution in [3.05, 3.63) is 51.8 Å². The molecule has 1 atom stereocenters. The van der Waals surface area contributed by atoms with Gasteiger partial charge in [-0.05, 0) is 48.1 Å². The van der Waals surface area contributed by atoms with E-state index in [-0.39, 0.29) is 11.9 Å². The lowest BCUT2D eigenvalue weighted by atomic mass is 9.91. The number of hydrogen-bond donors (Lipinski definition) is 1. The summed E-state index contributed by atoms with van der Waals surface area (Å²) in [6.07, 6.45) is 6.74. The van der Waals surface area contributed by atoms with Crippen molar-refractivity contribution in [3.8, 4) is 0 Å². The zero-order valence-electron chi connectivity index (χ0n) is 15.2. The highest BCUT2D eigenvalue weighted by atomic mass is 35.5. The Hall–Kier alpha value is -1.89. The van der Waals surface area contributed by atoms with Gasteiger partial charge in [0.1, 0.15) is 0 Å². The molecular weight excluding hydrogens is 364 g/mol. The summed E-state index contributed by atoms with van der Waals surface area (Å²) in [5, 5.41) is 8.63. The van der Waals surface area contributed by atoms with E-state index >= 15 is 0 Å². The van der Waals surface area contributed by atoms with Crippen molar-refractivity contribution in [2.24, 2.45) is 0 Å². The highest BCUT2D eigenvalue weighted by Gasteiger charge is 2.29. The molecule has 0 spiro atoms. The van der Waals surface area contributed by atoms with E-state index in [9.17, 15) is 4.79 Å². The smallest absolute Gasteiger partial charge is 0.257 e. The van der Waals surface area contributed by atoms with Gasteiger partial charge in [-0.1, -0.05) is 11.6 Å². The number of morpholine rings is 1. The maximum absolute atomic E-state index is 13.0. The van der Waals surface area contributed by atoms with Crippen LogP contribution in [0.15, 0.2) is 24.5 Å². The largest absolute Gasteiger partial charge is 0.378 e. The van der Waals surface area contributed by atoms with Crippen molar-refractivity contribution in [1.82, 2.24) is 20.0 Å². The monoisotopic (exact) mass is 386 g/mol. The van der Waals surface area contributed by atoms with Gasteiger partial charge < -0.3 is 15.0 Å². The van der Waals surface area contributed by atoms with Crippen molar-refractivity contribution in [2.45, 2.75) is 37.9 Å². The lowest BCUT2D eigenvalue weighted by Crippen LogP contribution is -2.39. The number of carbonyl (C=O) groups is 1. The second-order valence-corrected chi connectivity index (χ2v) is 8.07. The van der Waals surface area contributed by atoms with Crippen molar-refractivity contribution in [2.75, 3.05) is 26.3 Å². The van der Waals surface area contributed by atoms with Crippen molar-refractivity contribution >= 4 is 17.5 Å². The van der Waals surface area contributed by atoms with Gasteiger partial charge >= 0.3 is 0 Å². The molecule has 0 unspecified atom stereocenters. The third kappa shape index (κ3) is 3.37. The number of nitrogens with zero attached hydrogens (tertiary/aromatic N) is 3. The van der Waals surface area contributed by atoms with E-state index in [2.05, 4.69) is 10.4 Å². The summed E-state index contributed by atoms with van der Waals surface area (Å²) in [5.41, 5.74) is 4.28. The zero-order chi connectivity index (χ0) is 18.4. The molecule has 0 bridgehead atoms. The van der Waals surface area contributed by atoms with E-state index in [1.165, 1.54) is 11.1 Å². The standard InChI is InChI=1S/C20H23ClN4O2/c21-15-7-13-3-5-24(20(26)14-9-23-25(10-14)16-1-2-16)11-18(13)17(8-15)19-12-27-6-4-22-19/h7-10,16,19,22H,1-6,11-12H2/t19-/m0/s1. The number of benzene rings is 1. The maximum Gasteiger partial charge on any atom is 0.257 e. The van der Waals surface area contributed by atoms with Gasteiger partial charge in [0.05, 0.1) is 37.1 Å². The second-order valence-electron chi connectivity index (χ2n) is 7.63. The van der Waals surface area contributed by atoms with Gasteiger partial charge in [0, 0.05) is 30.9 Å². The zero-order valence-corrected chi connectivity index (χ0v) is 15.9. The van der Waals surface area contributed by atoms with Crippen LogP contribution in [0.5, 0.6) is 0 Å². The molecule has 2 fully saturated rings. The number of hydrogen-bond acceptors (Lipinski definition) is 4. The van der Waals surface area contributed by atoms with Crippen LogP contribution in [0.1, 0.15) is 52.0 Å². The van der Waals surface area contributed by atoms with Crippen molar-refractivity contribution < 1.29 is 9.53 Å². The van der Waals surface area contributed by atoms with Gasteiger partial charge in [0.2, 0.25) is 0 Å². The molecule has 7 heteroatoms. The summed E-state index contributed by atoms with van der Waals surface area (Å²) in [7, 11) is 0. The SMILES string of the molecule is O=C(c1cnn(C2CC2)c1)N1CCc2cc(Cl)cc([C@@H]3COCCN3)c2C1. The number of rotatable bonds is 3. The lowest BCUT2D eigenvalue weighted by Gasteiger charge is -2.33. The van der Waals surface area contributed by atoms with E-state index in [0.717, 1.165) is 43.0 Å². The van der Waals surface area contributed by atoms with Gasteiger partial charge in [-0.25, -0.2) is 0 Å². The van der Waals surface area contributed by atoms with Gasteiger partial charge in [-0.15, -0.1) is 0 Å². The highest BCUT2D eigenvalue weighted by Crippen LogP contribution is 2.35. The van der Waals surface area contributed by atoms with Crippen LogP contribution in [-0.4, -0.2) is 46.9 Å². The molecule has 1 aromatic carbocycles. The number of ether oxygens (including phenoxy) is 1. The van der Waals surface area contributed by atoms with Crippen LogP contribution < -0.4 is 5.32 Å². The average Bonchev–Trinajstić information content (AvgIpc) is 3.44. The lowest BCUT2D eigenvalue weighted by molar-refractivity contribution is 0.0715. The van der Waals surface area contributed by atoms with Crippen LogP contribution in [0.3, 0.4) is 0 Å². The maximum atomic E-state index is 13.0. The summed E-state index contributed by atoms with van der Waals surface area (Å²) < 4.78 is 7.58. The molecular formula is C20H23ClN4O2. The molecule has 3 heterocycles. The molecule has 1 amide bonds. The molecule has 1 aromatic heterocycles. The number of halogens is 1. The normalized spacial score (nSPS) is 22.6. The van der Waals surface area contributed by atoms with Crippen LogP contribution in [-0.2, 0) is 17.7 Å². The van der Waals surface area contributed by atoms with Crippen LogP contribution >= 0.6 is 11.6 Å². The fourth-order valence-corrected chi connectivity index (χ4v) is 4.33. The summed E-state index contributed by atoms with van der Waals surface area (Å²) in [6.45, 7) is 3.50. The molecule has 6 nitrogen and oxygen atoms in total. The van der Waals surface area contributed by atoms with E-state index in [1.807, 2.05) is 27.9 Å². The van der Waals surface area contributed by atoms with E-state index in [1.54, 1.807) is 6.20 Å². The Morgan fingerprint density at radius 2 is 2.22 bits per heavy atom. The number of aromatic nitrogens is 2. The molecule has 2 aliphatic heterocycles. The van der Waals surface area contributed by atoms with Gasteiger partial charge in [-0.2, -0.15) is 5.10 Å². The van der Waals surface area contributed by atoms with Crippen LogP contribution in [0.4, 0.5) is 0 Å². The Morgan fingerprint density at radius 3 is 3.00 bits per heavy atom. The van der Waals surface area contributed by atoms with E-state index in [4.69, 9.17) is 16.3 Å². The number of amides is 1.